The van der Waals surface area contributed by atoms with Gasteiger partial charge in [-0.05, 0) is 59.1 Å². The lowest BCUT2D eigenvalue weighted by Gasteiger charge is -2.19. The summed E-state index contributed by atoms with van der Waals surface area (Å²) in [5.74, 6) is 0.473. The van der Waals surface area contributed by atoms with E-state index in [0.29, 0.717) is 29.4 Å². The Bertz CT molecular complexity index is 860. The van der Waals surface area contributed by atoms with Crippen LogP contribution >= 0.6 is 27.5 Å². The second-order valence-electron chi connectivity index (χ2n) is 5.54. The third kappa shape index (κ3) is 3.44. The van der Waals surface area contributed by atoms with Crippen LogP contribution in [0.5, 0.6) is 5.88 Å². The van der Waals surface area contributed by atoms with Gasteiger partial charge in [0.2, 0.25) is 15.9 Å². The largest absolute Gasteiger partial charge is 0.472 e. The third-order valence-electron chi connectivity index (χ3n) is 3.95. The summed E-state index contributed by atoms with van der Waals surface area (Å²) in [6.07, 6.45) is 2.02. The maximum Gasteiger partial charge on any atom is 0.243 e. The number of sulfonamides is 1. The summed E-state index contributed by atoms with van der Waals surface area (Å²) in [4.78, 5) is 4.40. The Hall–Kier alpha value is -1.15. The van der Waals surface area contributed by atoms with E-state index in [0.717, 1.165) is 4.47 Å². The lowest BCUT2D eigenvalue weighted by Crippen LogP contribution is -2.31. The van der Waals surface area contributed by atoms with Crippen LogP contribution in [0.1, 0.15) is 12.0 Å². The van der Waals surface area contributed by atoms with Gasteiger partial charge in [0.15, 0.2) is 0 Å². The second kappa shape index (κ2) is 7.00. The zero-order valence-corrected chi connectivity index (χ0v) is 16.1. The lowest BCUT2D eigenvalue weighted by atomic mass is 10.2. The van der Waals surface area contributed by atoms with Gasteiger partial charge in [-0.3, -0.25) is 0 Å². The molecule has 5 nitrogen and oxygen atoms in total. The fourth-order valence-corrected chi connectivity index (χ4v) is 4.95. The molecule has 0 aliphatic carbocycles. The maximum atomic E-state index is 12.9. The molecule has 0 N–H and O–H groups in total. The summed E-state index contributed by atoms with van der Waals surface area (Å²) in [5.41, 5.74) is 0.566. The van der Waals surface area contributed by atoms with Crippen LogP contribution in [0, 0.1) is 6.92 Å². The standard InChI is InChI=1S/C16H16BrClN2O3S/c1-11-14(18)5-2-6-15(11)24(21,22)20-9-7-12(10-20)23-16-13(17)4-3-8-19-16/h2-6,8,12H,7,9-10H2,1H3/t12-/m0/s1. The zero-order chi connectivity index (χ0) is 17.3. The summed E-state index contributed by atoms with van der Waals surface area (Å²) < 4.78 is 33.7. The molecule has 0 saturated carbocycles. The van der Waals surface area contributed by atoms with Gasteiger partial charge in [-0.1, -0.05) is 17.7 Å². The van der Waals surface area contributed by atoms with Crippen molar-refractivity contribution in [2.75, 3.05) is 13.1 Å². The van der Waals surface area contributed by atoms with Crippen molar-refractivity contribution >= 4 is 37.6 Å². The predicted molar refractivity (Wildman–Crippen MR) is 95.9 cm³/mol. The van der Waals surface area contributed by atoms with E-state index in [4.69, 9.17) is 16.3 Å². The molecule has 8 heteroatoms. The average molecular weight is 432 g/mol. The predicted octanol–water partition coefficient (Wildman–Crippen LogP) is 3.65. The van der Waals surface area contributed by atoms with E-state index in [1.54, 1.807) is 37.4 Å². The number of pyridine rings is 1. The number of halogens is 2. The van der Waals surface area contributed by atoms with Crippen molar-refractivity contribution in [3.63, 3.8) is 0 Å². The molecular formula is C16H16BrClN2O3S. The molecule has 1 saturated heterocycles. The average Bonchev–Trinajstić information content (AvgIpc) is 3.01. The highest BCUT2D eigenvalue weighted by molar-refractivity contribution is 9.10. The molecule has 128 valence electrons. The zero-order valence-electron chi connectivity index (χ0n) is 12.9. The first-order valence-electron chi connectivity index (χ1n) is 7.42. The molecule has 0 amide bonds. The number of benzene rings is 1. The molecular weight excluding hydrogens is 416 g/mol. The summed E-state index contributed by atoms with van der Waals surface area (Å²) in [7, 11) is -3.59. The summed E-state index contributed by atoms with van der Waals surface area (Å²) in [5, 5.41) is 0.445. The van der Waals surface area contributed by atoms with E-state index in [9.17, 15) is 8.42 Å². The number of hydrogen-bond donors (Lipinski definition) is 0. The molecule has 1 aromatic heterocycles. The van der Waals surface area contributed by atoms with Gasteiger partial charge in [0, 0.05) is 17.8 Å². The summed E-state index contributed by atoms with van der Waals surface area (Å²) >= 11 is 9.44. The Balaban J connectivity index is 1.77. The topological polar surface area (TPSA) is 59.5 Å². The maximum absolute atomic E-state index is 12.9. The van der Waals surface area contributed by atoms with Gasteiger partial charge in [-0.2, -0.15) is 4.31 Å². The molecule has 1 fully saturated rings. The van der Waals surface area contributed by atoms with E-state index in [-0.39, 0.29) is 17.5 Å². The Kier molecular flexibility index (Phi) is 5.15. The minimum absolute atomic E-state index is 0.231. The van der Waals surface area contributed by atoms with Crippen molar-refractivity contribution < 1.29 is 13.2 Å². The van der Waals surface area contributed by atoms with Crippen molar-refractivity contribution in [2.24, 2.45) is 0 Å². The van der Waals surface area contributed by atoms with E-state index >= 15 is 0 Å². The van der Waals surface area contributed by atoms with E-state index in [2.05, 4.69) is 20.9 Å². The van der Waals surface area contributed by atoms with Crippen LogP contribution in [-0.2, 0) is 10.0 Å². The number of nitrogens with zero attached hydrogens (tertiary/aromatic N) is 2. The van der Waals surface area contributed by atoms with Crippen LogP contribution in [0.4, 0.5) is 0 Å². The Morgan fingerprint density at radius 1 is 1.33 bits per heavy atom. The van der Waals surface area contributed by atoms with Gasteiger partial charge in [-0.15, -0.1) is 0 Å². The van der Waals surface area contributed by atoms with Gasteiger partial charge in [0.25, 0.3) is 0 Å². The monoisotopic (exact) mass is 430 g/mol. The Labute approximate surface area is 154 Å². The number of aromatic nitrogens is 1. The fourth-order valence-electron chi connectivity index (χ4n) is 2.63. The third-order valence-corrected chi connectivity index (χ3v) is 6.97. The lowest BCUT2D eigenvalue weighted by molar-refractivity contribution is 0.205. The number of hydrogen-bond acceptors (Lipinski definition) is 4. The summed E-state index contributed by atoms with van der Waals surface area (Å²) in [6.45, 7) is 2.41. The number of ether oxygens (including phenoxy) is 1. The molecule has 1 atom stereocenters. The first-order valence-corrected chi connectivity index (χ1v) is 10.0. The molecule has 0 bridgehead atoms. The van der Waals surface area contributed by atoms with E-state index < -0.39 is 10.0 Å². The molecule has 3 rings (SSSR count). The smallest absolute Gasteiger partial charge is 0.243 e. The minimum atomic E-state index is -3.59. The van der Waals surface area contributed by atoms with Crippen LogP contribution < -0.4 is 4.74 Å². The van der Waals surface area contributed by atoms with Crippen LogP contribution in [-0.4, -0.2) is 36.9 Å². The van der Waals surface area contributed by atoms with Crippen molar-refractivity contribution in [1.29, 1.82) is 0 Å². The van der Waals surface area contributed by atoms with Crippen molar-refractivity contribution in [1.82, 2.24) is 9.29 Å². The van der Waals surface area contributed by atoms with Gasteiger partial charge in [-0.25, -0.2) is 13.4 Å². The highest BCUT2D eigenvalue weighted by Crippen LogP contribution is 2.29. The fraction of sp³-hybridized carbons (Fsp3) is 0.312. The van der Waals surface area contributed by atoms with Crippen LogP contribution in [0.3, 0.4) is 0 Å². The van der Waals surface area contributed by atoms with Crippen LogP contribution in [0.25, 0.3) is 0 Å². The van der Waals surface area contributed by atoms with Crippen LogP contribution in [0.15, 0.2) is 45.9 Å². The quantitative estimate of drug-likeness (QED) is 0.741. The summed E-state index contributed by atoms with van der Waals surface area (Å²) in [6, 6.07) is 8.55. The van der Waals surface area contributed by atoms with Crippen LogP contribution in [0.2, 0.25) is 5.02 Å². The first-order chi connectivity index (χ1) is 11.4. The Morgan fingerprint density at radius 3 is 2.88 bits per heavy atom. The van der Waals surface area contributed by atoms with E-state index in [1.807, 2.05) is 6.07 Å². The SMILES string of the molecule is Cc1c(Cl)cccc1S(=O)(=O)N1CC[C@H](Oc2ncccc2Br)C1. The highest BCUT2D eigenvalue weighted by Gasteiger charge is 2.35. The first kappa shape index (κ1) is 17.7. The second-order valence-corrected chi connectivity index (χ2v) is 8.71. The molecule has 2 heterocycles. The van der Waals surface area contributed by atoms with Gasteiger partial charge in [0.1, 0.15) is 6.10 Å². The molecule has 0 spiro atoms. The molecule has 1 aromatic carbocycles. The van der Waals surface area contributed by atoms with Crippen molar-refractivity contribution in [3.8, 4) is 5.88 Å². The van der Waals surface area contributed by atoms with Gasteiger partial charge < -0.3 is 4.74 Å². The molecule has 0 unspecified atom stereocenters. The molecule has 2 aromatic rings. The molecule has 24 heavy (non-hydrogen) atoms. The van der Waals surface area contributed by atoms with E-state index in [1.165, 1.54) is 4.31 Å². The van der Waals surface area contributed by atoms with Gasteiger partial charge >= 0.3 is 0 Å². The number of rotatable bonds is 4. The normalized spacial score (nSPS) is 18.7. The molecule has 1 aliphatic heterocycles. The van der Waals surface area contributed by atoms with Gasteiger partial charge in [0.05, 0.1) is 15.9 Å². The molecule has 0 radical (unpaired) electrons. The minimum Gasteiger partial charge on any atom is -0.472 e. The van der Waals surface area contributed by atoms with Crippen molar-refractivity contribution in [2.45, 2.75) is 24.3 Å². The highest BCUT2D eigenvalue weighted by atomic mass is 79.9. The molecule has 1 aliphatic rings. The van der Waals surface area contributed by atoms with Crippen molar-refractivity contribution in [3.05, 3.63) is 51.6 Å². The Morgan fingerprint density at radius 2 is 2.12 bits per heavy atom.